The van der Waals surface area contributed by atoms with E-state index in [2.05, 4.69) is 4.98 Å². The minimum atomic E-state index is -3.73. The summed E-state index contributed by atoms with van der Waals surface area (Å²) in [6.07, 6.45) is 0.785. The van der Waals surface area contributed by atoms with E-state index < -0.39 is 14.9 Å². The molecule has 1 amide bonds. The Bertz CT molecular complexity index is 1220. The van der Waals surface area contributed by atoms with Crippen LogP contribution in [0.2, 0.25) is 0 Å². The van der Waals surface area contributed by atoms with Crippen molar-refractivity contribution in [2.75, 3.05) is 26.2 Å². The van der Waals surface area contributed by atoms with E-state index in [0.717, 1.165) is 17.1 Å². The number of benzene rings is 1. The molecule has 2 aromatic heterocycles. The van der Waals surface area contributed by atoms with Gasteiger partial charge in [-0.1, -0.05) is 41.7 Å². The number of aromatic nitrogens is 1. The average Bonchev–Trinajstić information content (AvgIpc) is 3.39. The largest absolute Gasteiger partial charge is 0.461 e. The molecule has 1 aliphatic rings. The highest BCUT2D eigenvalue weighted by Gasteiger charge is 2.32. The number of carbonyl (C=O) groups is 1. The van der Waals surface area contributed by atoms with Crippen LogP contribution in [0.1, 0.15) is 17.9 Å². The van der Waals surface area contributed by atoms with E-state index in [-0.39, 0.29) is 23.2 Å². The number of amides is 1. The first kappa shape index (κ1) is 21.5. The van der Waals surface area contributed by atoms with Crippen molar-refractivity contribution in [1.29, 1.82) is 0 Å². The van der Waals surface area contributed by atoms with E-state index in [4.69, 9.17) is 4.42 Å². The SMILES string of the molecule is Cc1[nH]c(=O)sc1S(=O)(=O)N1CCN(C(=O)CCc2ccc(-c3ccccc3)o2)CC1. The Morgan fingerprint density at radius 2 is 1.81 bits per heavy atom. The number of nitrogens with one attached hydrogen (secondary N) is 1. The number of piperazine rings is 1. The monoisotopic (exact) mass is 461 g/mol. The minimum absolute atomic E-state index is 0.0304. The predicted octanol–water partition coefficient (Wildman–Crippen LogP) is 2.47. The van der Waals surface area contributed by atoms with Crippen molar-refractivity contribution in [2.24, 2.45) is 0 Å². The van der Waals surface area contributed by atoms with Crippen LogP contribution in [-0.2, 0) is 21.2 Å². The number of thiazole rings is 1. The molecule has 0 unspecified atom stereocenters. The van der Waals surface area contributed by atoms with Crippen molar-refractivity contribution in [2.45, 2.75) is 24.0 Å². The van der Waals surface area contributed by atoms with Crippen molar-refractivity contribution in [3.8, 4) is 11.3 Å². The molecule has 10 heteroatoms. The molecule has 0 spiro atoms. The Morgan fingerprint density at radius 3 is 2.45 bits per heavy atom. The normalized spacial score (nSPS) is 15.3. The summed E-state index contributed by atoms with van der Waals surface area (Å²) in [6.45, 7) is 2.63. The van der Waals surface area contributed by atoms with Crippen molar-refractivity contribution in [3.63, 3.8) is 0 Å². The summed E-state index contributed by atoms with van der Waals surface area (Å²) < 4.78 is 32.8. The van der Waals surface area contributed by atoms with Gasteiger partial charge in [0.2, 0.25) is 5.91 Å². The first-order chi connectivity index (χ1) is 14.8. The van der Waals surface area contributed by atoms with E-state index in [0.29, 0.717) is 43.0 Å². The number of sulfonamides is 1. The first-order valence-corrected chi connectivity index (χ1v) is 12.2. The maximum atomic E-state index is 12.8. The highest BCUT2D eigenvalue weighted by Crippen LogP contribution is 2.24. The second-order valence-corrected chi connectivity index (χ2v) is 10.5. The van der Waals surface area contributed by atoms with Crippen LogP contribution in [0.25, 0.3) is 11.3 Å². The number of nitrogens with zero attached hydrogens (tertiary/aromatic N) is 2. The number of H-pyrrole nitrogens is 1. The summed E-state index contributed by atoms with van der Waals surface area (Å²) in [5.74, 6) is 1.48. The van der Waals surface area contributed by atoms with E-state index in [1.807, 2.05) is 42.5 Å². The molecule has 1 fully saturated rings. The number of rotatable bonds is 6. The van der Waals surface area contributed by atoms with Gasteiger partial charge in [-0.3, -0.25) is 9.59 Å². The van der Waals surface area contributed by atoms with Crippen LogP contribution in [-0.4, -0.2) is 54.7 Å². The fourth-order valence-corrected chi connectivity index (χ4v) is 6.45. The highest BCUT2D eigenvalue weighted by atomic mass is 32.2. The third-order valence-electron chi connectivity index (χ3n) is 5.25. The fraction of sp³-hybridized carbons (Fsp3) is 0.333. The van der Waals surface area contributed by atoms with Gasteiger partial charge in [-0.2, -0.15) is 4.31 Å². The lowest BCUT2D eigenvalue weighted by atomic mass is 10.2. The molecule has 0 radical (unpaired) electrons. The van der Waals surface area contributed by atoms with Crippen LogP contribution in [0.5, 0.6) is 0 Å². The topological polar surface area (TPSA) is 104 Å². The molecule has 0 aliphatic carbocycles. The summed E-state index contributed by atoms with van der Waals surface area (Å²) in [5.41, 5.74) is 1.34. The van der Waals surface area contributed by atoms with Crippen LogP contribution in [0.3, 0.4) is 0 Å². The standard InChI is InChI=1S/C21H23N3O5S2/c1-15-20(30-21(26)22-15)31(27,28)24-13-11-23(12-14-24)19(25)10-8-17-7-9-18(29-17)16-5-3-2-4-6-16/h2-7,9H,8,10-14H2,1H3,(H,22,26). The van der Waals surface area contributed by atoms with Gasteiger partial charge in [0.1, 0.15) is 11.5 Å². The maximum Gasteiger partial charge on any atom is 0.305 e. The summed E-state index contributed by atoms with van der Waals surface area (Å²) in [7, 11) is -3.73. The van der Waals surface area contributed by atoms with Crippen molar-refractivity contribution < 1.29 is 17.6 Å². The highest BCUT2D eigenvalue weighted by molar-refractivity contribution is 7.91. The quantitative estimate of drug-likeness (QED) is 0.607. The number of hydrogen-bond donors (Lipinski definition) is 1. The predicted molar refractivity (Wildman–Crippen MR) is 117 cm³/mol. The number of furan rings is 1. The summed E-state index contributed by atoms with van der Waals surface area (Å²) in [4.78, 5) is 27.9. The molecule has 1 aromatic carbocycles. The smallest absolute Gasteiger partial charge is 0.305 e. The Labute approximate surface area is 184 Å². The molecule has 31 heavy (non-hydrogen) atoms. The molecule has 8 nitrogen and oxygen atoms in total. The molecule has 3 aromatic rings. The van der Waals surface area contributed by atoms with Gasteiger partial charge in [0, 0.05) is 50.3 Å². The summed E-state index contributed by atoms with van der Waals surface area (Å²) >= 11 is 0.696. The number of carbonyl (C=O) groups excluding carboxylic acids is 1. The van der Waals surface area contributed by atoms with Crippen LogP contribution in [0, 0.1) is 6.92 Å². The lowest BCUT2D eigenvalue weighted by molar-refractivity contribution is -0.132. The Kier molecular flexibility index (Phi) is 6.12. The zero-order valence-electron chi connectivity index (χ0n) is 17.0. The second kappa shape index (κ2) is 8.81. The molecule has 1 saturated heterocycles. The van der Waals surface area contributed by atoms with Gasteiger partial charge in [-0.15, -0.1) is 0 Å². The van der Waals surface area contributed by atoms with Gasteiger partial charge < -0.3 is 14.3 Å². The van der Waals surface area contributed by atoms with Crippen LogP contribution in [0.4, 0.5) is 0 Å². The summed E-state index contributed by atoms with van der Waals surface area (Å²) in [6, 6.07) is 13.5. The minimum Gasteiger partial charge on any atom is -0.461 e. The molecule has 0 atom stereocenters. The van der Waals surface area contributed by atoms with Gasteiger partial charge in [0.25, 0.3) is 10.0 Å². The second-order valence-electron chi connectivity index (χ2n) is 7.34. The van der Waals surface area contributed by atoms with E-state index in [1.54, 1.807) is 11.8 Å². The fourth-order valence-electron chi connectivity index (χ4n) is 3.59. The van der Waals surface area contributed by atoms with Gasteiger partial charge >= 0.3 is 4.87 Å². The maximum absolute atomic E-state index is 12.8. The number of aryl methyl sites for hydroxylation is 2. The van der Waals surface area contributed by atoms with Crippen LogP contribution < -0.4 is 4.87 Å². The molecule has 1 aliphatic heterocycles. The number of hydrogen-bond acceptors (Lipinski definition) is 6. The van der Waals surface area contributed by atoms with Gasteiger partial charge in [0.15, 0.2) is 4.21 Å². The zero-order valence-corrected chi connectivity index (χ0v) is 18.7. The van der Waals surface area contributed by atoms with E-state index >= 15 is 0 Å². The lowest BCUT2D eigenvalue weighted by Crippen LogP contribution is -2.50. The molecule has 1 N–H and O–H groups in total. The first-order valence-electron chi connectivity index (χ1n) is 9.96. The molecular formula is C21H23N3O5S2. The molecular weight excluding hydrogens is 438 g/mol. The van der Waals surface area contributed by atoms with Gasteiger partial charge in [0.05, 0.1) is 0 Å². The van der Waals surface area contributed by atoms with E-state index in [1.165, 1.54) is 4.31 Å². The summed E-state index contributed by atoms with van der Waals surface area (Å²) in [5, 5.41) is 0. The van der Waals surface area contributed by atoms with Crippen molar-refractivity contribution in [1.82, 2.24) is 14.2 Å². The molecule has 3 heterocycles. The molecule has 0 bridgehead atoms. The molecule has 4 rings (SSSR count). The van der Waals surface area contributed by atoms with E-state index in [9.17, 15) is 18.0 Å². The number of aromatic amines is 1. The van der Waals surface area contributed by atoms with Crippen molar-refractivity contribution in [3.05, 3.63) is 63.6 Å². The van der Waals surface area contributed by atoms with Crippen molar-refractivity contribution >= 4 is 27.3 Å². The van der Waals surface area contributed by atoms with Crippen LogP contribution in [0.15, 0.2) is 55.9 Å². The Hall–Kier alpha value is -2.69. The molecule has 164 valence electrons. The Balaban J connectivity index is 1.31. The van der Waals surface area contributed by atoms with Gasteiger partial charge in [-0.05, 0) is 19.1 Å². The van der Waals surface area contributed by atoms with Crippen LogP contribution >= 0.6 is 11.3 Å². The Morgan fingerprint density at radius 1 is 1.10 bits per heavy atom. The third-order valence-corrected chi connectivity index (χ3v) is 8.73. The van der Waals surface area contributed by atoms with Gasteiger partial charge in [-0.25, -0.2) is 8.42 Å². The zero-order chi connectivity index (χ0) is 22.0. The average molecular weight is 462 g/mol. The molecule has 0 saturated carbocycles. The third kappa shape index (κ3) is 4.65. The lowest BCUT2D eigenvalue weighted by Gasteiger charge is -2.33.